The number of urea groups is 1. The van der Waals surface area contributed by atoms with Gasteiger partial charge in [-0.15, -0.1) is 0 Å². The van der Waals surface area contributed by atoms with Crippen molar-refractivity contribution in [1.82, 2.24) is 19.6 Å². The van der Waals surface area contributed by atoms with E-state index in [1.807, 2.05) is 0 Å². The van der Waals surface area contributed by atoms with Crippen molar-refractivity contribution < 1.29 is 45.1 Å². The molecular weight excluding hydrogens is 621 g/mol. The molecule has 2 aromatic carbocycles. The van der Waals surface area contributed by atoms with Crippen molar-refractivity contribution in [2.24, 2.45) is 0 Å². The predicted octanol–water partition coefficient (Wildman–Crippen LogP) is 6.05. The Labute approximate surface area is 262 Å². The van der Waals surface area contributed by atoms with Crippen molar-refractivity contribution in [2.75, 3.05) is 46.3 Å². The highest BCUT2D eigenvalue weighted by molar-refractivity contribution is 5.88. The van der Waals surface area contributed by atoms with Crippen LogP contribution in [0.3, 0.4) is 0 Å². The maximum absolute atomic E-state index is 14.1. The lowest BCUT2D eigenvalue weighted by molar-refractivity contribution is -0.144. The molecule has 2 fully saturated rings. The van der Waals surface area contributed by atoms with Gasteiger partial charge >= 0.3 is 18.4 Å². The second-order valence-electron chi connectivity index (χ2n) is 12.5. The van der Waals surface area contributed by atoms with Gasteiger partial charge in [0.05, 0.1) is 16.5 Å². The molecule has 46 heavy (non-hydrogen) atoms. The van der Waals surface area contributed by atoms with E-state index < -0.39 is 58.1 Å². The molecule has 0 aromatic heterocycles. The maximum atomic E-state index is 14.1. The highest BCUT2D eigenvalue weighted by Crippen LogP contribution is 2.41. The van der Waals surface area contributed by atoms with Crippen molar-refractivity contribution >= 4 is 17.8 Å². The van der Waals surface area contributed by atoms with Gasteiger partial charge in [0.15, 0.2) is 0 Å². The summed E-state index contributed by atoms with van der Waals surface area (Å²) in [7, 11) is 1.44. The van der Waals surface area contributed by atoms with Gasteiger partial charge in [-0.2, -0.15) is 26.3 Å². The summed E-state index contributed by atoms with van der Waals surface area (Å²) in [5.41, 5.74) is -4.07. The van der Waals surface area contributed by atoms with Gasteiger partial charge < -0.3 is 19.6 Å². The number of amides is 4. The molecule has 2 saturated heterocycles. The first-order chi connectivity index (χ1) is 21.2. The smallest absolute Gasteiger partial charge is 0.341 e. The van der Waals surface area contributed by atoms with Crippen molar-refractivity contribution in [2.45, 2.75) is 63.8 Å². The van der Waals surface area contributed by atoms with Gasteiger partial charge in [-0.3, -0.25) is 9.59 Å². The average Bonchev–Trinajstić information content (AvgIpc) is 2.98. The standard InChI is InChI=1S/C32H37F7N4O3/c1-19-14-24(33)6-7-25(19)26-18-43(29(46)42-12-10-41(11-13-42)20(2)44)9-8-27(26)40(5)28(45)30(3,4)21-15-22(31(34,35)36)17-23(16-21)32(37,38)39/h6-7,14-17,26-27H,8-13,18H2,1-5H3/t26-,27+/m0/s1. The molecule has 14 heteroatoms. The summed E-state index contributed by atoms with van der Waals surface area (Å²) in [6.07, 6.45) is -9.91. The van der Waals surface area contributed by atoms with E-state index >= 15 is 0 Å². The quantitative estimate of drug-likeness (QED) is 0.376. The van der Waals surface area contributed by atoms with Crippen LogP contribution in [0.1, 0.15) is 60.9 Å². The van der Waals surface area contributed by atoms with Crippen LogP contribution in [0.5, 0.6) is 0 Å². The molecule has 0 N–H and O–H groups in total. The molecule has 2 aromatic rings. The number of likely N-dealkylation sites (tertiary alicyclic amines) is 1. The Balaban J connectivity index is 1.65. The Kier molecular flexibility index (Phi) is 9.71. The molecule has 252 valence electrons. The Morgan fingerprint density at radius 2 is 1.30 bits per heavy atom. The summed E-state index contributed by atoms with van der Waals surface area (Å²) in [6.45, 7) is 7.48. The fourth-order valence-electron chi connectivity index (χ4n) is 6.38. The van der Waals surface area contributed by atoms with Crippen LogP contribution in [0.2, 0.25) is 0 Å². The molecule has 2 atom stereocenters. The molecule has 4 amide bonds. The summed E-state index contributed by atoms with van der Waals surface area (Å²) < 4.78 is 95.9. The molecule has 0 saturated carbocycles. The van der Waals surface area contributed by atoms with Gasteiger partial charge in [-0.25, -0.2) is 9.18 Å². The number of hydrogen-bond donors (Lipinski definition) is 0. The van der Waals surface area contributed by atoms with E-state index in [9.17, 15) is 45.1 Å². The first-order valence-electron chi connectivity index (χ1n) is 14.8. The number of aryl methyl sites for hydroxylation is 1. The van der Waals surface area contributed by atoms with E-state index in [4.69, 9.17) is 0 Å². The number of halogens is 7. The van der Waals surface area contributed by atoms with Crippen LogP contribution in [0, 0.1) is 12.7 Å². The van der Waals surface area contributed by atoms with Gasteiger partial charge in [0, 0.05) is 65.2 Å². The number of hydrogen-bond acceptors (Lipinski definition) is 3. The van der Waals surface area contributed by atoms with Gasteiger partial charge in [0.2, 0.25) is 11.8 Å². The third-order valence-corrected chi connectivity index (χ3v) is 9.14. The highest BCUT2D eigenvalue weighted by atomic mass is 19.4. The van der Waals surface area contributed by atoms with Gasteiger partial charge in [-0.05, 0) is 74.2 Å². The molecule has 0 unspecified atom stereocenters. The topological polar surface area (TPSA) is 64.2 Å². The largest absolute Gasteiger partial charge is 0.416 e. The summed E-state index contributed by atoms with van der Waals surface area (Å²) >= 11 is 0. The second kappa shape index (κ2) is 12.7. The molecule has 2 aliphatic rings. The molecule has 4 rings (SSSR count). The number of likely N-dealkylation sites (N-methyl/N-ethyl adjacent to an activating group) is 1. The van der Waals surface area contributed by atoms with Gasteiger partial charge in [0.25, 0.3) is 0 Å². The number of piperidine rings is 1. The Morgan fingerprint density at radius 1 is 0.783 bits per heavy atom. The molecule has 2 aliphatic heterocycles. The van der Waals surface area contributed by atoms with Crippen molar-refractivity contribution in [1.29, 1.82) is 0 Å². The minimum absolute atomic E-state index is 0.0217. The Hall–Kier alpha value is -3.84. The number of piperazine rings is 1. The Bertz CT molecular complexity index is 1450. The number of carbonyl (C=O) groups is 3. The molecule has 0 radical (unpaired) electrons. The number of benzene rings is 2. The van der Waals surface area contributed by atoms with E-state index in [0.717, 1.165) is 0 Å². The normalized spacial score (nSPS) is 19.7. The number of alkyl halides is 6. The van der Waals surface area contributed by atoms with Crippen LogP contribution in [0.4, 0.5) is 35.5 Å². The van der Waals surface area contributed by atoms with Crippen LogP contribution in [-0.4, -0.2) is 89.8 Å². The Morgan fingerprint density at radius 3 is 1.80 bits per heavy atom. The first-order valence-corrected chi connectivity index (χ1v) is 14.8. The zero-order chi connectivity index (χ0) is 34.4. The van der Waals surface area contributed by atoms with E-state index in [1.165, 1.54) is 44.9 Å². The minimum atomic E-state index is -5.08. The number of nitrogens with zero attached hydrogens (tertiary/aromatic N) is 4. The van der Waals surface area contributed by atoms with Crippen molar-refractivity contribution in [3.8, 4) is 0 Å². The lowest BCUT2D eigenvalue weighted by Gasteiger charge is -2.46. The van der Waals surface area contributed by atoms with Crippen LogP contribution >= 0.6 is 0 Å². The number of rotatable bonds is 4. The average molecular weight is 659 g/mol. The van der Waals surface area contributed by atoms with Crippen LogP contribution in [0.15, 0.2) is 36.4 Å². The predicted molar refractivity (Wildman–Crippen MR) is 155 cm³/mol. The van der Waals surface area contributed by atoms with Crippen LogP contribution in [0.25, 0.3) is 0 Å². The molecule has 0 spiro atoms. The van der Waals surface area contributed by atoms with E-state index in [-0.39, 0.29) is 37.5 Å². The lowest BCUT2D eigenvalue weighted by Crippen LogP contribution is -2.58. The minimum Gasteiger partial charge on any atom is -0.341 e. The van der Waals surface area contributed by atoms with Crippen LogP contribution < -0.4 is 0 Å². The second-order valence-corrected chi connectivity index (χ2v) is 12.5. The summed E-state index contributed by atoms with van der Waals surface area (Å²) in [6, 6.07) is 4.41. The molecular formula is C32H37F7N4O3. The van der Waals surface area contributed by atoms with Crippen molar-refractivity contribution in [3.05, 3.63) is 70.0 Å². The molecule has 7 nitrogen and oxygen atoms in total. The number of carbonyl (C=O) groups excluding carboxylic acids is 3. The third-order valence-electron chi connectivity index (χ3n) is 9.14. The van der Waals surface area contributed by atoms with Gasteiger partial charge in [-0.1, -0.05) is 6.07 Å². The fourth-order valence-corrected chi connectivity index (χ4v) is 6.38. The van der Waals surface area contributed by atoms with E-state index in [2.05, 4.69) is 0 Å². The summed E-state index contributed by atoms with van der Waals surface area (Å²) in [5, 5.41) is 0. The van der Waals surface area contributed by atoms with Crippen molar-refractivity contribution in [3.63, 3.8) is 0 Å². The summed E-state index contributed by atoms with van der Waals surface area (Å²) in [5.74, 6) is -1.83. The SMILES string of the molecule is CC(=O)N1CCN(C(=O)N2CC[C@@H](N(C)C(=O)C(C)(C)c3cc(C(F)(F)F)cc(C(F)(F)F)c3)[C@H](c3ccc(F)cc3C)C2)CC1. The fraction of sp³-hybridized carbons (Fsp3) is 0.531. The molecule has 0 aliphatic carbocycles. The summed E-state index contributed by atoms with van der Waals surface area (Å²) in [4.78, 5) is 45.5. The molecule has 2 heterocycles. The monoisotopic (exact) mass is 658 g/mol. The first kappa shape index (κ1) is 35.0. The highest BCUT2D eigenvalue weighted by Gasteiger charge is 2.44. The zero-order valence-corrected chi connectivity index (χ0v) is 26.2. The lowest BCUT2D eigenvalue weighted by atomic mass is 9.78. The van der Waals surface area contributed by atoms with E-state index in [1.54, 1.807) is 27.7 Å². The van der Waals surface area contributed by atoms with Crippen LogP contribution in [-0.2, 0) is 27.4 Å². The zero-order valence-electron chi connectivity index (χ0n) is 26.2. The van der Waals surface area contributed by atoms with Gasteiger partial charge in [0.1, 0.15) is 5.82 Å². The van der Waals surface area contributed by atoms with E-state index in [0.29, 0.717) is 49.4 Å². The third kappa shape index (κ3) is 7.25. The maximum Gasteiger partial charge on any atom is 0.416 e. The molecule has 0 bridgehead atoms.